The molecule has 3 heterocycles. The molecule has 0 aromatic carbocycles. The minimum absolute atomic E-state index is 0. The van der Waals surface area contributed by atoms with Crippen LogP contribution in [0.25, 0.3) is 16.9 Å². The van der Waals surface area contributed by atoms with Crippen molar-refractivity contribution in [1.29, 1.82) is 0 Å². The Morgan fingerprint density at radius 2 is 2.09 bits per heavy atom. The summed E-state index contributed by atoms with van der Waals surface area (Å²) in [7, 11) is 0. The summed E-state index contributed by atoms with van der Waals surface area (Å²) in [5.74, 6) is 0. The summed E-state index contributed by atoms with van der Waals surface area (Å²) < 4.78 is 2.06. The first-order valence-electron chi connectivity index (χ1n) is 6.49. The van der Waals surface area contributed by atoms with E-state index in [9.17, 15) is 5.11 Å². The molecule has 3 rings (SSSR count). The van der Waals surface area contributed by atoms with Crippen LogP contribution < -0.4 is 0 Å². The quantitative estimate of drug-likeness (QED) is 0.770. The Bertz CT molecular complexity index is 713. The third-order valence-electron chi connectivity index (χ3n) is 3.26. The van der Waals surface area contributed by atoms with Gasteiger partial charge in [0.05, 0.1) is 28.6 Å². The Morgan fingerprint density at radius 3 is 2.73 bits per heavy atom. The van der Waals surface area contributed by atoms with Crippen molar-refractivity contribution in [3.05, 3.63) is 52.9 Å². The van der Waals surface area contributed by atoms with Crippen molar-refractivity contribution in [2.24, 2.45) is 0 Å². The van der Waals surface area contributed by atoms with Crippen LogP contribution >= 0.6 is 36.2 Å². The number of nitrogens with zero attached hydrogens (tertiary/aromatic N) is 3. The van der Waals surface area contributed by atoms with E-state index >= 15 is 0 Å². The predicted octanol–water partition coefficient (Wildman–Crippen LogP) is 3.89. The van der Waals surface area contributed by atoms with Gasteiger partial charge in [-0.25, -0.2) is 4.98 Å². The number of aromatic nitrogens is 3. The molecule has 0 aliphatic heterocycles. The molecule has 0 aliphatic carbocycles. The summed E-state index contributed by atoms with van der Waals surface area (Å²) in [4.78, 5) is 9.64. The molecular formula is C15H17Cl2N3OS. The Morgan fingerprint density at radius 1 is 1.27 bits per heavy atom. The van der Waals surface area contributed by atoms with Gasteiger partial charge in [0.2, 0.25) is 0 Å². The first-order chi connectivity index (χ1) is 9.85. The van der Waals surface area contributed by atoms with Gasteiger partial charge in [0, 0.05) is 18.0 Å². The highest BCUT2D eigenvalue weighted by molar-refractivity contribution is 7.10. The van der Waals surface area contributed by atoms with E-state index in [2.05, 4.69) is 21.5 Å². The second kappa shape index (κ2) is 8.29. The van der Waals surface area contributed by atoms with Crippen LogP contribution in [0.2, 0.25) is 0 Å². The fraction of sp³-hybridized carbons (Fsp3) is 0.200. The number of rotatable bonds is 4. The highest BCUT2D eigenvalue weighted by Crippen LogP contribution is 2.28. The van der Waals surface area contributed by atoms with Gasteiger partial charge in [0.25, 0.3) is 0 Å². The fourth-order valence-electron chi connectivity index (χ4n) is 2.33. The highest BCUT2D eigenvalue weighted by Gasteiger charge is 2.15. The summed E-state index contributed by atoms with van der Waals surface area (Å²) >= 11 is 1.56. The standard InChI is InChI=1S/C15H15N3OS.2ClH/c1-2-12-15(11-4-3-6-16-8-11)17-10-18(12)13-5-7-20-14(13)9-19;;/h3-8,10,19H,2,9H2,1H3;2*1H. The summed E-state index contributed by atoms with van der Waals surface area (Å²) in [6.45, 7) is 2.16. The van der Waals surface area contributed by atoms with Crippen LogP contribution in [0.4, 0.5) is 0 Å². The van der Waals surface area contributed by atoms with Gasteiger partial charge in [-0.05, 0) is 30.0 Å². The zero-order valence-electron chi connectivity index (χ0n) is 12.0. The number of halogens is 2. The molecule has 0 fully saturated rings. The van der Waals surface area contributed by atoms with Crippen LogP contribution in [0, 0.1) is 0 Å². The zero-order valence-corrected chi connectivity index (χ0v) is 14.4. The first-order valence-corrected chi connectivity index (χ1v) is 7.37. The van der Waals surface area contributed by atoms with Crippen molar-refractivity contribution in [2.75, 3.05) is 0 Å². The van der Waals surface area contributed by atoms with Gasteiger partial charge >= 0.3 is 0 Å². The summed E-state index contributed by atoms with van der Waals surface area (Å²) in [6, 6.07) is 5.95. The van der Waals surface area contributed by atoms with E-state index < -0.39 is 0 Å². The van der Waals surface area contributed by atoms with E-state index in [0.29, 0.717) is 0 Å². The van der Waals surface area contributed by atoms with Gasteiger partial charge in [-0.15, -0.1) is 36.2 Å². The molecule has 0 bridgehead atoms. The van der Waals surface area contributed by atoms with Crippen molar-refractivity contribution in [1.82, 2.24) is 14.5 Å². The molecule has 0 radical (unpaired) electrons. The molecule has 0 aliphatic rings. The normalized spacial score (nSPS) is 9.91. The van der Waals surface area contributed by atoms with E-state index in [1.165, 1.54) is 0 Å². The Kier molecular flexibility index (Phi) is 7.03. The molecule has 3 aromatic heterocycles. The molecular weight excluding hydrogens is 341 g/mol. The number of hydrogen-bond donors (Lipinski definition) is 1. The number of imidazole rings is 1. The molecule has 0 unspecified atom stereocenters. The van der Waals surface area contributed by atoms with Crippen LogP contribution in [0.3, 0.4) is 0 Å². The van der Waals surface area contributed by atoms with Gasteiger partial charge in [-0.1, -0.05) is 6.92 Å². The molecule has 0 spiro atoms. The van der Waals surface area contributed by atoms with Crippen molar-refractivity contribution >= 4 is 36.2 Å². The minimum Gasteiger partial charge on any atom is -0.391 e. The molecule has 4 nitrogen and oxygen atoms in total. The maximum absolute atomic E-state index is 9.42. The van der Waals surface area contributed by atoms with Crippen molar-refractivity contribution in [2.45, 2.75) is 20.0 Å². The number of pyridine rings is 1. The predicted molar refractivity (Wildman–Crippen MR) is 94.5 cm³/mol. The molecule has 0 saturated heterocycles. The zero-order chi connectivity index (χ0) is 13.9. The largest absolute Gasteiger partial charge is 0.391 e. The van der Waals surface area contributed by atoms with Crippen molar-refractivity contribution < 1.29 is 5.11 Å². The Labute approximate surface area is 145 Å². The lowest BCUT2D eigenvalue weighted by Crippen LogP contribution is -2.00. The van der Waals surface area contributed by atoms with Gasteiger partial charge < -0.3 is 9.67 Å². The Hall–Kier alpha value is -1.40. The third-order valence-corrected chi connectivity index (χ3v) is 4.16. The van der Waals surface area contributed by atoms with Gasteiger partial charge in [0.15, 0.2) is 0 Å². The monoisotopic (exact) mass is 357 g/mol. The SMILES string of the molecule is CCc1c(-c2cccnc2)ncn1-c1ccsc1CO.Cl.Cl. The van der Waals surface area contributed by atoms with Crippen LogP contribution in [0.5, 0.6) is 0 Å². The number of aliphatic hydroxyl groups excluding tert-OH is 1. The second-order valence-electron chi connectivity index (χ2n) is 4.39. The van der Waals surface area contributed by atoms with Crippen LogP contribution in [0.1, 0.15) is 17.5 Å². The first kappa shape index (κ1) is 18.6. The lowest BCUT2D eigenvalue weighted by molar-refractivity contribution is 0.285. The molecule has 0 atom stereocenters. The average molecular weight is 358 g/mol. The molecule has 118 valence electrons. The maximum atomic E-state index is 9.42. The third kappa shape index (κ3) is 3.33. The molecule has 3 aromatic rings. The molecule has 0 saturated carbocycles. The molecule has 1 N–H and O–H groups in total. The van der Waals surface area contributed by atoms with E-state index in [4.69, 9.17) is 0 Å². The lowest BCUT2D eigenvalue weighted by atomic mass is 10.1. The summed E-state index contributed by atoms with van der Waals surface area (Å²) in [5, 5.41) is 11.4. The maximum Gasteiger partial charge on any atom is 0.100 e. The minimum atomic E-state index is 0. The smallest absolute Gasteiger partial charge is 0.100 e. The molecule has 7 heteroatoms. The number of aliphatic hydroxyl groups is 1. The molecule has 22 heavy (non-hydrogen) atoms. The second-order valence-corrected chi connectivity index (χ2v) is 5.39. The van der Waals surface area contributed by atoms with Gasteiger partial charge in [-0.2, -0.15) is 0 Å². The van der Waals surface area contributed by atoms with Crippen LogP contribution in [0.15, 0.2) is 42.3 Å². The van der Waals surface area contributed by atoms with E-state index in [1.807, 2.05) is 36.1 Å². The fourth-order valence-corrected chi connectivity index (χ4v) is 3.05. The van der Waals surface area contributed by atoms with E-state index in [1.54, 1.807) is 17.5 Å². The molecule has 0 amide bonds. The van der Waals surface area contributed by atoms with E-state index in [-0.39, 0.29) is 31.4 Å². The van der Waals surface area contributed by atoms with Gasteiger partial charge in [-0.3, -0.25) is 4.98 Å². The highest BCUT2D eigenvalue weighted by atomic mass is 35.5. The van der Waals surface area contributed by atoms with Crippen LogP contribution in [-0.2, 0) is 13.0 Å². The van der Waals surface area contributed by atoms with Gasteiger partial charge in [0.1, 0.15) is 6.33 Å². The van der Waals surface area contributed by atoms with Crippen LogP contribution in [-0.4, -0.2) is 19.6 Å². The lowest BCUT2D eigenvalue weighted by Gasteiger charge is -2.08. The topological polar surface area (TPSA) is 50.9 Å². The number of thiophene rings is 1. The summed E-state index contributed by atoms with van der Waals surface area (Å²) in [5.41, 5.74) is 4.11. The van der Waals surface area contributed by atoms with Crippen molar-refractivity contribution in [3.63, 3.8) is 0 Å². The van der Waals surface area contributed by atoms with E-state index in [0.717, 1.165) is 33.9 Å². The average Bonchev–Trinajstić information content (AvgIpc) is 3.13. The Balaban J connectivity index is 0.00000121. The van der Waals surface area contributed by atoms with Crippen molar-refractivity contribution in [3.8, 4) is 16.9 Å². The number of hydrogen-bond acceptors (Lipinski definition) is 4. The summed E-state index contributed by atoms with van der Waals surface area (Å²) in [6.07, 6.45) is 6.27.